The third-order valence-corrected chi connectivity index (χ3v) is 5.05. The van der Waals surface area contributed by atoms with Crippen LogP contribution in [0.3, 0.4) is 0 Å². The normalized spacial score (nSPS) is 21.1. The summed E-state index contributed by atoms with van der Waals surface area (Å²) in [6, 6.07) is 3.25. The number of nitrogens with zero attached hydrogens (tertiary/aromatic N) is 1. The van der Waals surface area contributed by atoms with Crippen LogP contribution in [0.4, 0.5) is 5.82 Å². The molecule has 19 heavy (non-hydrogen) atoms. The van der Waals surface area contributed by atoms with Crippen LogP contribution in [-0.2, 0) is 10.0 Å². The Morgan fingerprint density at radius 1 is 1.42 bits per heavy atom. The van der Waals surface area contributed by atoms with Crippen LogP contribution < -0.4 is 10.0 Å². The van der Waals surface area contributed by atoms with Gasteiger partial charge in [0.2, 0.25) is 10.0 Å². The van der Waals surface area contributed by atoms with E-state index in [4.69, 9.17) is 0 Å². The highest BCUT2D eigenvalue weighted by Crippen LogP contribution is 2.51. The highest BCUT2D eigenvalue weighted by Gasteiger charge is 2.45. The molecule has 5 nitrogen and oxygen atoms in total. The lowest BCUT2D eigenvalue weighted by Crippen LogP contribution is -2.27. The van der Waals surface area contributed by atoms with Crippen molar-refractivity contribution in [2.75, 3.05) is 18.4 Å². The van der Waals surface area contributed by atoms with Crippen LogP contribution in [0.2, 0.25) is 0 Å². The van der Waals surface area contributed by atoms with Gasteiger partial charge in [-0.3, -0.25) is 0 Å². The molecule has 0 aromatic carbocycles. The number of anilines is 1. The second kappa shape index (κ2) is 5.09. The molecule has 6 heteroatoms. The largest absolute Gasteiger partial charge is 0.370 e. The standard InChI is InChI=1S/C13H21N3O2S/c1-4-14-12-6-5-11(9-15-12)19(17,18)16-8-10-7-13(10,2)3/h5-6,9-10,16H,4,7-8H2,1-3H3,(H,14,15). The van der Waals surface area contributed by atoms with Gasteiger partial charge < -0.3 is 5.32 Å². The minimum atomic E-state index is -3.44. The van der Waals surface area contributed by atoms with Crippen LogP contribution in [0.25, 0.3) is 0 Å². The molecule has 1 aliphatic rings. The van der Waals surface area contributed by atoms with Gasteiger partial charge in [0.05, 0.1) is 0 Å². The van der Waals surface area contributed by atoms with E-state index < -0.39 is 10.0 Å². The van der Waals surface area contributed by atoms with Crippen LogP contribution in [0, 0.1) is 11.3 Å². The molecule has 0 saturated heterocycles. The minimum absolute atomic E-state index is 0.215. The Morgan fingerprint density at radius 3 is 2.58 bits per heavy atom. The fraction of sp³-hybridized carbons (Fsp3) is 0.615. The highest BCUT2D eigenvalue weighted by molar-refractivity contribution is 7.89. The lowest BCUT2D eigenvalue weighted by atomic mass is 10.1. The van der Waals surface area contributed by atoms with Gasteiger partial charge in [0.1, 0.15) is 10.7 Å². The third kappa shape index (κ3) is 3.45. The van der Waals surface area contributed by atoms with Crippen molar-refractivity contribution in [3.63, 3.8) is 0 Å². The van der Waals surface area contributed by atoms with Gasteiger partial charge in [0.15, 0.2) is 0 Å². The second-order valence-electron chi connectivity index (χ2n) is 5.65. The molecule has 0 aliphatic heterocycles. The number of aromatic nitrogens is 1. The lowest BCUT2D eigenvalue weighted by molar-refractivity contribution is 0.537. The Labute approximate surface area is 114 Å². The van der Waals surface area contributed by atoms with Crippen LogP contribution in [0.5, 0.6) is 0 Å². The van der Waals surface area contributed by atoms with Crippen molar-refractivity contribution in [3.8, 4) is 0 Å². The number of sulfonamides is 1. The maximum Gasteiger partial charge on any atom is 0.242 e. The number of pyridine rings is 1. The van der Waals surface area contributed by atoms with Gasteiger partial charge in [-0.15, -0.1) is 0 Å². The van der Waals surface area contributed by atoms with Crippen LogP contribution in [-0.4, -0.2) is 26.5 Å². The molecule has 1 aliphatic carbocycles. The summed E-state index contributed by atoms with van der Waals surface area (Å²) in [6.07, 6.45) is 2.46. The fourth-order valence-electron chi connectivity index (χ4n) is 2.04. The SMILES string of the molecule is CCNc1ccc(S(=O)(=O)NCC2CC2(C)C)cn1. The molecule has 1 fully saturated rings. The minimum Gasteiger partial charge on any atom is -0.370 e. The van der Waals surface area contributed by atoms with E-state index in [1.165, 1.54) is 6.20 Å². The average Bonchev–Trinajstić information content (AvgIpc) is 2.96. The number of hydrogen-bond donors (Lipinski definition) is 2. The first kappa shape index (κ1) is 14.3. The topological polar surface area (TPSA) is 71.1 Å². The summed E-state index contributed by atoms with van der Waals surface area (Å²) in [5.74, 6) is 1.13. The molecular weight excluding hydrogens is 262 g/mol. The average molecular weight is 283 g/mol. The number of hydrogen-bond acceptors (Lipinski definition) is 4. The van der Waals surface area contributed by atoms with Crippen molar-refractivity contribution < 1.29 is 8.42 Å². The number of rotatable bonds is 6. The van der Waals surface area contributed by atoms with E-state index in [0.29, 0.717) is 18.3 Å². The summed E-state index contributed by atoms with van der Waals surface area (Å²) in [7, 11) is -3.44. The summed E-state index contributed by atoms with van der Waals surface area (Å²) in [5, 5.41) is 3.03. The number of nitrogens with one attached hydrogen (secondary N) is 2. The van der Waals surface area contributed by atoms with E-state index in [0.717, 1.165) is 13.0 Å². The predicted octanol–water partition coefficient (Wildman–Crippen LogP) is 1.84. The Kier molecular flexibility index (Phi) is 3.82. The molecule has 1 heterocycles. The molecule has 1 unspecified atom stereocenters. The van der Waals surface area contributed by atoms with Gasteiger partial charge in [-0.05, 0) is 36.8 Å². The van der Waals surface area contributed by atoms with E-state index >= 15 is 0 Å². The zero-order chi connectivity index (χ0) is 14.1. The van der Waals surface area contributed by atoms with E-state index in [1.54, 1.807) is 12.1 Å². The Hall–Kier alpha value is -1.14. The van der Waals surface area contributed by atoms with Crippen LogP contribution >= 0.6 is 0 Å². The lowest BCUT2D eigenvalue weighted by Gasteiger charge is -2.08. The molecule has 2 N–H and O–H groups in total. The van der Waals surface area contributed by atoms with Gasteiger partial charge >= 0.3 is 0 Å². The molecule has 1 atom stereocenters. The molecule has 1 aromatic heterocycles. The van der Waals surface area contributed by atoms with Crippen molar-refractivity contribution >= 4 is 15.8 Å². The fourth-order valence-corrected chi connectivity index (χ4v) is 3.07. The molecule has 1 aromatic rings. The summed E-state index contributed by atoms with van der Waals surface area (Å²) in [4.78, 5) is 4.29. The van der Waals surface area contributed by atoms with E-state index in [-0.39, 0.29) is 10.3 Å². The molecule has 0 spiro atoms. The van der Waals surface area contributed by atoms with Crippen LogP contribution in [0.15, 0.2) is 23.2 Å². The first-order chi connectivity index (χ1) is 8.85. The van der Waals surface area contributed by atoms with Crippen molar-refractivity contribution in [3.05, 3.63) is 18.3 Å². The second-order valence-corrected chi connectivity index (χ2v) is 7.42. The summed E-state index contributed by atoms with van der Waals surface area (Å²) in [5.41, 5.74) is 0.273. The van der Waals surface area contributed by atoms with Gasteiger partial charge in [0, 0.05) is 19.3 Å². The van der Waals surface area contributed by atoms with Gasteiger partial charge in [-0.25, -0.2) is 18.1 Å². The maximum atomic E-state index is 12.1. The maximum absolute atomic E-state index is 12.1. The predicted molar refractivity (Wildman–Crippen MR) is 75.5 cm³/mol. The third-order valence-electron chi connectivity index (χ3n) is 3.64. The molecular formula is C13H21N3O2S. The molecule has 0 bridgehead atoms. The Balaban J connectivity index is 1.99. The quantitative estimate of drug-likeness (QED) is 0.835. The van der Waals surface area contributed by atoms with Crippen molar-refractivity contribution in [2.45, 2.75) is 32.1 Å². The first-order valence-corrected chi connectivity index (χ1v) is 8.03. The Morgan fingerprint density at radius 2 is 2.11 bits per heavy atom. The summed E-state index contributed by atoms with van der Waals surface area (Å²) >= 11 is 0. The van der Waals surface area contributed by atoms with Gasteiger partial charge in [0.25, 0.3) is 0 Å². The van der Waals surface area contributed by atoms with Crippen molar-refractivity contribution in [1.82, 2.24) is 9.71 Å². The van der Waals surface area contributed by atoms with Crippen LogP contribution in [0.1, 0.15) is 27.2 Å². The smallest absolute Gasteiger partial charge is 0.242 e. The Bertz CT molecular complexity index is 538. The molecule has 2 rings (SSSR count). The van der Waals surface area contributed by atoms with E-state index in [1.807, 2.05) is 6.92 Å². The molecule has 106 valence electrons. The van der Waals surface area contributed by atoms with Gasteiger partial charge in [-0.2, -0.15) is 0 Å². The first-order valence-electron chi connectivity index (χ1n) is 6.55. The monoisotopic (exact) mass is 283 g/mol. The van der Waals surface area contributed by atoms with Crippen molar-refractivity contribution in [1.29, 1.82) is 0 Å². The molecule has 0 radical (unpaired) electrons. The van der Waals surface area contributed by atoms with E-state index in [2.05, 4.69) is 28.9 Å². The zero-order valence-electron chi connectivity index (χ0n) is 11.6. The molecule has 0 amide bonds. The van der Waals surface area contributed by atoms with E-state index in [9.17, 15) is 8.42 Å². The summed E-state index contributed by atoms with van der Waals surface area (Å²) < 4.78 is 26.8. The molecule has 1 saturated carbocycles. The van der Waals surface area contributed by atoms with Crippen molar-refractivity contribution in [2.24, 2.45) is 11.3 Å². The van der Waals surface area contributed by atoms with Gasteiger partial charge in [-0.1, -0.05) is 13.8 Å². The summed E-state index contributed by atoms with van der Waals surface area (Å²) in [6.45, 7) is 7.53. The highest BCUT2D eigenvalue weighted by atomic mass is 32.2. The zero-order valence-corrected chi connectivity index (χ0v) is 12.4.